The van der Waals surface area contributed by atoms with Crippen molar-refractivity contribution >= 4 is 35.6 Å². The minimum absolute atomic E-state index is 0.0357. The fourth-order valence-electron chi connectivity index (χ4n) is 2.97. The zero-order valence-electron chi connectivity index (χ0n) is 19.4. The summed E-state index contributed by atoms with van der Waals surface area (Å²) in [4.78, 5) is 71.3. The summed E-state index contributed by atoms with van der Waals surface area (Å²) in [6.07, 6.45) is -0.175. The van der Waals surface area contributed by atoms with Gasteiger partial charge < -0.3 is 43.4 Å². The second-order valence-electron chi connectivity index (χ2n) is 8.31. The van der Waals surface area contributed by atoms with E-state index in [-0.39, 0.29) is 18.8 Å². The van der Waals surface area contributed by atoms with Gasteiger partial charge in [-0.3, -0.25) is 24.0 Å². The topological polar surface area (TPSA) is 257 Å². The van der Waals surface area contributed by atoms with Gasteiger partial charge in [0.1, 0.15) is 18.1 Å². The van der Waals surface area contributed by atoms with E-state index in [9.17, 15) is 33.9 Å². The minimum atomic E-state index is -1.61. The number of nitrogens with one attached hydrogen (secondary N) is 3. The highest BCUT2D eigenvalue weighted by atomic mass is 16.4. The van der Waals surface area contributed by atoms with Gasteiger partial charge in [-0.05, 0) is 38.1 Å². The number of carboxylic acid groups (broad SMARTS) is 2. The van der Waals surface area contributed by atoms with E-state index in [0.29, 0.717) is 19.4 Å². The van der Waals surface area contributed by atoms with Crippen LogP contribution in [0.15, 0.2) is 0 Å². The summed E-state index contributed by atoms with van der Waals surface area (Å²) in [5, 5.41) is 25.4. The molecule has 4 atom stereocenters. The molecule has 11 N–H and O–H groups in total. The van der Waals surface area contributed by atoms with E-state index in [4.69, 9.17) is 22.3 Å². The number of primary amides is 1. The predicted molar refractivity (Wildman–Crippen MR) is 120 cm³/mol. The largest absolute Gasteiger partial charge is 0.481 e. The van der Waals surface area contributed by atoms with Crippen LogP contribution in [0.4, 0.5) is 0 Å². The number of nitrogens with two attached hydrogens (primary N) is 3. The van der Waals surface area contributed by atoms with Crippen molar-refractivity contribution in [3.8, 4) is 0 Å². The van der Waals surface area contributed by atoms with Crippen LogP contribution in [0.25, 0.3) is 0 Å². The summed E-state index contributed by atoms with van der Waals surface area (Å²) in [5.74, 6) is -6.31. The Morgan fingerprint density at radius 3 is 1.79 bits per heavy atom. The third kappa shape index (κ3) is 12.7. The average Bonchev–Trinajstić information content (AvgIpc) is 2.70. The van der Waals surface area contributed by atoms with Crippen molar-refractivity contribution < 1.29 is 39.0 Å². The van der Waals surface area contributed by atoms with Gasteiger partial charge in [-0.2, -0.15) is 0 Å². The molecule has 0 aromatic heterocycles. The molecule has 14 nitrogen and oxygen atoms in total. The molecule has 0 saturated heterocycles. The van der Waals surface area contributed by atoms with Crippen molar-refractivity contribution in [1.82, 2.24) is 16.0 Å². The van der Waals surface area contributed by atoms with Gasteiger partial charge >= 0.3 is 11.9 Å². The molecule has 0 heterocycles. The molecule has 0 aliphatic heterocycles. The Morgan fingerprint density at radius 1 is 0.794 bits per heavy atom. The van der Waals surface area contributed by atoms with Crippen molar-refractivity contribution in [1.29, 1.82) is 0 Å². The number of carbonyl (C=O) groups excluding carboxylic acids is 4. The van der Waals surface area contributed by atoms with Gasteiger partial charge in [0.05, 0.1) is 18.9 Å². The molecule has 0 fully saturated rings. The van der Waals surface area contributed by atoms with Crippen LogP contribution in [0.5, 0.6) is 0 Å². The Balaban J connectivity index is 5.55. The Hall–Kier alpha value is -3.26. The quantitative estimate of drug-likeness (QED) is 0.0988. The SMILES string of the molecule is CC(C)CC(NC(=O)C(CCCCN)NC(=O)C(CC(=O)O)NC(=O)C(N)CC(N)=O)C(=O)O. The van der Waals surface area contributed by atoms with E-state index >= 15 is 0 Å². The van der Waals surface area contributed by atoms with Crippen LogP contribution in [0.3, 0.4) is 0 Å². The lowest BCUT2D eigenvalue weighted by molar-refractivity contribution is -0.143. The molecular weight excluding hydrogens is 452 g/mol. The molecule has 0 aromatic carbocycles. The lowest BCUT2D eigenvalue weighted by Gasteiger charge is -2.25. The first-order chi connectivity index (χ1) is 15.8. The summed E-state index contributed by atoms with van der Waals surface area (Å²) in [5.41, 5.74) is 16.0. The normalized spacial score (nSPS) is 14.4. The van der Waals surface area contributed by atoms with E-state index in [1.807, 2.05) is 0 Å². The fourth-order valence-corrected chi connectivity index (χ4v) is 2.97. The molecule has 0 radical (unpaired) electrons. The van der Waals surface area contributed by atoms with E-state index in [1.54, 1.807) is 13.8 Å². The van der Waals surface area contributed by atoms with Crippen LogP contribution in [-0.4, -0.2) is 76.5 Å². The molecule has 0 rings (SSSR count). The summed E-state index contributed by atoms with van der Waals surface area (Å²) >= 11 is 0. The molecular formula is C20H36N6O8. The van der Waals surface area contributed by atoms with Crippen molar-refractivity contribution in [3.05, 3.63) is 0 Å². The molecule has 0 aromatic rings. The maximum Gasteiger partial charge on any atom is 0.326 e. The summed E-state index contributed by atoms with van der Waals surface area (Å²) in [6, 6.07) is -5.42. The number of hydrogen-bond donors (Lipinski definition) is 8. The number of carboxylic acids is 2. The second kappa shape index (κ2) is 15.6. The highest BCUT2D eigenvalue weighted by molar-refractivity contribution is 5.96. The van der Waals surface area contributed by atoms with Gasteiger partial charge in [-0.25, -0.2) is 4.79 Å². The third-order valence-corrected chi connectivity index (χ3v) is 4.67. The number of hydrogen-bond acceptors (Lipinski definition) is 8. The Kier molecular flexibility index (Phi) is 14.1. The van der Waals surface area contributed by atoms with Gasteiger partial charge in [0.15, 0.2) is 0 Å². The number of unbranched alkanes of at least 4 members (excludes halogenated alkanes) is 1. The zero-order valence-corrected chi connectivity index (χ0v) is 19.4. The van der Waals surface area contributed by atoms with Gasteiger partial charge in [-0.15, -0.1) is 0 Å². The number of aliphatic carboxylic acids is 2. The Labute approximate surface area is 197 Å². The Bertz CT molecular complexity index is 745. The van der Waals surface area contributed by atoms with Crippen molar-refractivity contribution in [2.75, 3.05) is 6.54 Å². The van der Waals surface area contributed by atoms with Crippen LogP contribution in [0.2, 0.25) is 0 Å². The maximum atomic E-state index is 12.8. The molecule has 4 unspecified atom stereocenters. The van der Waals surface area contributed by atoms with Crippen molar-refractivity contribution in [3.63, 3.8) is 0 Å². The monoisotopic (exact) mass is 488 g/mol. The fraction of sp³-hybridized carbons (Fsp3) is 0.700. The highest BCUT2D eigenvalue weighted by Gasteiger charge is 2.31. The van der Waals surface area contributed by atoms with Crippen LogP contribution >= 0.6 is 0 Å². The molecule has 0 aliphatic rings. The van der Waals surface area contributed by atoms with Crippen LogP contribution in [-0.2, 0) is 28.8 Å². The summed E-state index contributed by atoms with van der Waals surface area (Å²) in [6.45, 7) is 3.89. The molecule has 4 amide bonds. The molecule has 0 bridgehead atoms. The second-order valence-corrected chi connectivity index (χ2v) is 8.31. The van der Waals surface area contributed by atoms with Gasteiger partial charge in [0.25, 0.3) is 0 Å². The molecule has 0 aliphatic carbocycles. The molecule has 14 heteroatoms. The molecule has 34 heavy (non-hydrogen) atoms. The maximum absolute atomic E-state index is 12.8. The van der Waals surface area contributed by atoms with Crippen LogP contribution in [0.1, 0.15) is 52.4 Å². The lowest BCUT2D eigenvalue weighted by atomic mass is 10.0. The predicted octanol–water partition coefficient (Wildman–Crippen LogP) is -2.62. The highest BCUT2D eigenvalue weighted by Crippen LogP contribution is 2.08. The van der Waals surface area contributed by atoms with E-state index < -0.39 is 72.6 Å². The minimum Gasteiger partial charge on any atom is -0.481 e. The first-order valence-corrected chi connectivity index (χ1v) is 10.9. The van der Waals surface area contributed by atoms with E-state index in [2.05, 4.69) is 16.0 Å². The van der Waals surface area contributed by atoms with Gasteiger partial charge in [0, 0.05) is 0 Å². The number of rotatable bonds is 17. The summed E-state index contributed by atoms with van der Waals surface area (Å²) < 4.78 is 0. The number of carbonyl (C=O) groups is 6. The van der Waals surface area contributed by atoms with Gasteiger partial charge in [-0.1, -0.05) is 13.8 Å². The molecule has 0 saturated carbocycles. The van der Waals surface area contributed by atoms with Crippen molar-refractivity contribution in [2.24, 2.45) is 23.1 Å². The number of amides is 4. The molecule has 194 valence electrons. The third-order valence-electron chi connectivity index (χ3n) is 4.67. The smallest absolute Gasteiger partial charge is 0.326 e. The molecule has 0 spiro atoms. The van der Waals surface area contributed by atoms with E-state index in [1.165, 1.54) is 0 Å². The van der Waals surface area contributed by atoms with Gasteiger partial charge in [0.2, 0.25) is 23.6 Å². The standard InChI is InChI=1S/C20H36N6O8/c1-10(2)7-14(20(33)34)26-18(31)12(5-3-4-6-21)24-19(32)13(9-16(28)29)25-17(30)11(22)8-15(23)27/h10-14H,3-9,21-22H2,1-2H3,(H2,23,27)(H,24,32)(H,25,30)(H,26,31)(H,28,29)(H,33,34). The average molecular weight is 489 g/mol. The van der Waals surface area contributed by atoms with E-state index in [0.717, 1.165) is 0 Å². The summed E-state index contributed by atoms with van der Waals surface area (Å²) in [7, 11) is 0. The Morgan fingerprint density at radius 2 is 1.32 bits per heavy atom. The lowest BCUT2D eigenvalue weighted by Crippen LogP contribution is -2.57. The van der Waals surface area contributed by atoms with Crippen LogP contribution < -0.4 is 33.2 Å². The first kappa shape index (κ1) is 30.7. The van der Waals surface area contributed by atoms with Crippen molar-refractivity contribution in [2.45, 2.75) is 76.5 Å². The van der Waals surface area contributed by atoms with Crippen LogP contribution in [0, 0.1) is 5.92 Å². The first-order valence-electron chi connectivity index (χ1n) is 10.9. The zero-order chi connectivity index (χ0) is 26.4.